The van der Waals surface area contributed by atoms with Crippen molar-refractivity contribution in [1.29, 1.82) is 0 Å². The highest BCUT2D eigenvalue weighted by atomic mass is 16.9. The predicted molar refractivity (Wildman–Crippen MR) is 67.4 cm³/mol. The molecule has 0 aromatic heterocycles. The second-order valence-electron chi connectivity index (χ2n) is 5.30. The molecule has 0 radical (unpaired) electrons. The molecule has 1 aromatic rings. The van der Waals surface area contributed by atoms with Crippen LogP contribution in [0.15, 0.2) is 30.3 Å². The van der Waals surface area contributed by atoms with E-state index in [1.807, 2.05) is 30.3 Å². The summed E-state index contributed by atoms with van der Waals surface area (Å²) in [6.07, 6.45) is 0.110. The summed E-state index contributed by atoms with van der Waals surface area (Å²) in [5.74, 6) is -3.97. The summed E-state index contributed by atoms with van der Waals surface area (Å²) in [7, 11) is 1.25. The van der Waals surface area contributed by atoms with Crippen LogP contribution >= 0.6 is 0 Å². The lowest BCUT2D eigenvalue weighted by Gasteiger charge is -2.37. The SMILES string of the molecule is COC1(O)OC2(COCc3ccccc3)COC1(O)C2. The molecule has 110 valence electrons. The van der Waals surface area contributed by atoms with Gasteiger partial charge in [0.15, 0.2) is 0 Å². The van der Waals surface area contributed by atoms with Gasteiger partial charge in [-0.15, -0.1) is 0 Å². The quantitative estimate of drug-likeness (QED) is 0.760. The number of benzene rings is 1. The van der Waals surface area contributed by atoms with Gasteiger partial charge in [0.05, 0.1) is 19.8 Å². The van der Waals surface area contributed by atoms with Gasteiger partial charge in [0, 0.05) is 13.5 Å². The molecule has 0 saturated carbocycles. The van der Waals surface area contributed by atoms with Crippen LogP contribution in [-0.2, 0) is 25.6 Å². The smallest absolute Gasteiger partial charge is 0.338 e. The number of aliphatic hydroxyl groups is 2. The molecule has 0 aliphatic carbocycles. The lowest BCUT2D eigenvalue weighted by atomic mass is 10.0. The van der Waals surface area contributed by atoms with Crippen molar-refractivity contribution in [2.24, 2.45) is 0 Å². The lowest BCUT2D eigenvalue weighted by Crippen LogP contribution is -2.57. The third-order valence-electron chi connectivity index (χ3n) is 3.74. The van der Waals surface area contributed by atoms with Gasteiger partial charge in [-0.25, -0.2) is 0 Å². The summed E-state index contributed by atoms with van der Waals surface area (Å²) in [6, 6.07) is 9.72. The minimum atomic E-state index is -2.14. The molecule has 2 bridgehead atoms. The first-order chi connectivity index (χ1) is 9.51. The number of fused-ring (bicyclic) bond motifs is 2. The van der Waals surface area contributed by atoms with Gasteiger partial charge >= 0.3 is 5.97 Å². The van der Waals surface area contributed by atoms with E-state index in [0.717, 1.165) is 5.56 Å². The number of hydrogen-bond donors (Lipinski definition) is 2. The fourth-order valence-electron chi connectivity index (χ4n) is 2.68. The molecule has 2 fully saturated rings. The summed E-state index contributed by atoms with van der Waals surface area (Å²) >= 11 is 0. The van der Waals surface area contributed by atoms with Gasteiger partial charge in [-0.1, -0.05) is 30.3 Å². The Balaban J connectivity index is 1.61. The van der Waals surface area contributed by atoms with Crippen molar-refractivity contribution in [3.8, 4) is 0 Å². The fraction of sp³-hybridized carbons (Fsp3) is 0.571. The van der Waals surface area contributed by atoms with E-state index in [-0.39, 0.29) is 19.6 Å². The molecule has 2 N–H and O–H groups in total. The summed E-state index contributed by atoms with van der Waals surface area (Å²) in [5, 5.41) is 20.2. The number of methoxy groups -OCH3 is 1. The Morgan fingerprint density at radius 3 is 2.65 bits per heavy atom. The van der Waals surface area contributed by atoms with Crippen molar-refractivity contribution in [2.45, 2.75) is 30.4 Å². The van der Waals surface area contributed by atoms with Crippen molar-refractivity contribution in [2.75, 3.05) is 20.3 Å². The minimum Gasteiger partial charge on any atom is -0.374 e. The molecular formula is C14H18O6. The van der Waals surface area contributed by atoms with E-state index in [4.69, 9.17) is 18.9 Å². The summed E-state index contributed by atoms with van der Waals surface area (Å²) in [4.78, 5) is 0. The summed E-state index contributed by atoms with van der Waals surface area (Å²) in [5.41, 5.74) is 0.159. The topological polar surface area (TPSA) is 77.4 Å². The molecule has 6 nitrogen and oxygen atoms in total. The Kier molecular flexibility index (Phi) is 3.32. The molecule has 6 heteroatoms. The van der Waals surface area contributed by atoms with Crippen LogP contribution in [0, 0.1) is 0 Å². The molecule has 1 aromatic carbocycles. The number of ether oxygens (including phenoxy) is 4. The van der Waals surface area contributed by atoms with E-state index in [0.29, 0.717) is 6.61 Å². The van der Waals surface area contributed by atoms with Crippen molar-refractivity contribution in [1.82, 2.24) is 0 Å². The van der Waals surface area contributed by atoms with E-state index in [2.05, 4.69) is 0 Å². The van der Waals surface area contributed by atoms with Crippen molar-refractivity contribution >= 4 is 0 Å². The van der Waals surface area contributed by atoms with Gasteiger partial charge in [0.2, 0.25) is 0 Å². The van der Waals surface area contributed by atoms with Crippen LogP contribution in [0.3, 0.4) is 0 Å². The molecule has 0 spiro atoms. The Bertz CT molecular complexity index is 478. The molecule has 3 atom stereocenters. The average Bonchev–Trinajstić information content (AvgIpc) is 2.89. The van der Waals surface area contributed by atoms with Crippen molar-refractivity contribution in [3.05, 3.63) is 35.9 Å². The second kappa shape index (κ2) is 4.77. The van der Waals surface area contributed by atoms with Crippen LogP contribution in [0.2, 0.25) is 0 Å². The maximum Gasteiger partial charge on any atom is 0.338 e. The number of rotatable bonds is 5. The third kappa shape index (κ3) is 2.14. The van der Waals surface area contributed by atoms with Crippen LogP contribution in [0.4, 0.5) is 0 Å². The number of hydrogen-bond acceptors (Lipinski definition) is 6. The van der Waals surface area contributed by atoms with Crippen molar-refractivity contribution < 1.29 is 29.2 Å². The molecular weight excluding hydrogens is 264 g/mol. The van der Waals surface area contributed by atoms with E-state index >= 15 is 0 Å². The zero-order valence-electron chi connectivity index (χ0n) is 11.2. The molecule has 2 heterocycles. The van der Waals surface area contributed by atoms with Gasteiger partial charge in [0.25, 0.3) is 5.79 Å². The standard InChI is InChI=1S/C14H18O6/c1-17-14(16)13(15)8-12(20-14,10-19-13)9-18-7-11-5-3-2-4-6-11/h2-6,15-16H,7-10H2,1H3. The lowest BCUT2D eigenvalue weighted by molar-refractivity contribution is -0.475. The Labute approximate surface area is 116 Å². The maximum absolute atomic E-state index is 10.2. The first kappa shape index (κ1) is 13.9. The first-order valence-electron chi connectivity index (χ1n) is 6.47. The van der Waals surface area contributed by atoms with Crippen LogP contribution < -0.4 is 0 Å². The highest BCUT2D eigenvalue weighted by Crippen LogP contribution is 2.51. The molecule has 3 unspecified atom stereocenters. The largest absolute Gasteiger partial charge is 0.374 e. The van der Waals surface area contributed by atoms with Gasteiger partial charge < -0.3 is 29.2 Å². The fourth-order valence-corrected chi connectivity index (χ4v) is 2.68. The zero-order chi connectivity index (χ0) is 14.3. The molecule has 2 saturated heterocycles. The van der Waals surface area contributed by atoms with Crippen molar-refractivity contribution in [3.63, 3.8) is 0 Å². The Morgan fingerprint density at radius 1 is 1.25 bits per heavy atom. The van der Waals surface area contributed by atoms with Gasteiger partial charge in [-0.05, 0) is 5.56 Å². The second-order valence-corrected chi connectivity index (χ2v) is 5.30. The van der Waals surface area contributed by atoms with E-state index in [1.165, 1.54) is 7.11 Å². The molecule has 2 aliphatic rings. The highest BCUT2D eigenvalue weighted by Gasteiger charge is 2.72. The summed E-state index contributed by atoms with van der Waals surface area (Å²) < 4.78 is 21.1. The molecule has 3 rings (SSSR count). The van der Waals surface area contributed by atoms with Gasteiger partial charge in [-0.3, -0.25) is 0 Å². The summed E-state index contributed by atoms with van der Waals surface area (Å²) in [6.45, 7) is 0.787. The van der Waals surface area contributed by atoms with Crippen LogP contribution in [-0.4, -0.2) is 47.9 Å². The highest BCUT2D eigenvalue weighted by molar-refractivity contribution is 5.13. The molecule has 20 heavy (non-hydrogen) atoms. The minimum absolute atomic E-state index is 0.110. The predicted octanol–water partition coefficient (Wildman–Crippen LogP) is 0.374. The van der Waals surface area contributed by atoms with Crippen LogP contribution in [0.1, 0.15) is 12.0 Å². The Hall–Kier alpha value is -1.02. The average molecular weight is 282 g/mol. The van der Waals surface area contributed by atoms with E-state index in [9.17, 15) is 10.2 Å². The normalized spacial score (nSPS) is 39.4. The zero-order valence-corrected chi connectivity index (χ0v) is 11.2. The van der Waals surface area contributed by atoms with Crippen LogP contribution in [0.25, 0.3) is 0 Å². The van der Waals surface area contributed by atoms with E-state index in [1.54, 1.807) is 0 Å². The monoisotopic (exact) mass is 282 g/mol. The Morgan fingerprint density at radius 2 is 2.00 bits per heavy atom. The van der Waals surface area contributed by atoms with Gasteiger partial charge in [-0.2, -0.15) is 0 Å². The van der Waals surface area contributed by atoms with E-state index < -0.39 is 17.4 Å². The maximum atomic E-state index is 10.2. The van der Waals surface area contributed by atoms with Gasteiger partial charge in [0.1, 0.15) is 5.60 Å². The first-order valence-corrected chi connectivity index (χ1v) is 6.47. The van der Waals surface area contributed by atoms with Crippen LogP contribution in [0.5, 0.6) is 0 Å². The third-order valence-corrected chi connectivity index (χ3v) is 3.74. The molecule has 2 aliphatic heterocycles. The molecule has 0 amide bonds.